The van der Waals surface area contributed by atoms with Crippen molar-refractivity contribution in [1.29, 1.82) is 0 Å². The number of sulfonamides is 1. The molecule has 2 N–H and O–H groups in total. The summed E-state index contributed by atoms with van der Waals surface area (Å²) in [5.74, 6) is -0.391. The van der Waals surface area contributed by atoms with Gasteiger partial charge in [-0.15, -0.1) is 0 Å². The Morgan fingerprint density at radius 3 is 2.37 bits per heavy atom. The third-order valence-corrected chi connectivity index (χ3v) is 7.03. The van der Waals surface area contributed by atoms with Crippen molar-refractivity contribution in [2.45, 2.75) is 62.7 Å². The van der Waals surface area contributed by atoms with E-state index in [0.29, 0.717) is 25.7 Å². The average molecular weight is 309 g/mol. The average Bonchev–Trinajstić information content (AvgIpc) is 3.23. The Kier molecular flexibility index (Phi) is 3.88. The van der Waals surface area contributed by atoms with Gasteiger partial charge >= 0.3 is 0 Å². The van der Waals surface area contributed by atoms with Crippen LogP contribution in [0.3, 0.4) is 0 Å². The molecule has 0 bridgehead atoms. The van der Waals surface area contributed by atoms with Gasteiger partial charge in [0, 0.05) is 0 Å². The van der Waals surface area contributed by atoms with E-state index in [-0.39, 0.29) is 5.92 Å². The van der Waals surface area contributed by atoms with Gasteiger partial charge in [-0.3, -0.25) is 9.52 Å². The summed E-state index contributed by atoms with van der Waals surface area (Å²) in [5, 5.41) is 0. The molecule has 19 heavy (non-hydrogen) atoms. The summed E-state index contributed by atoms with van der Waals surface area (Å²) < 4.78 is 26.1. The predicted octanol–water partition coefficient (Wildman–Crippen LogP) is 1.68. The SMILES string of the molecule is CCCC1(S(=O)(=O)NC(=O)[C@@]2(NCl)CC2CC)CC1. The number of hydrogen-bond donors (Lipinski definition) is 2. The van der Waals surface area contributed by atoms with E-state index in [2.05, 4.69) is 9.56 Å². The van der Waals surface area contributed by atoms with E-state index >= 15 is 0 Å². The summed E-state index contributed by atoms with van der Waals surface area (Å²) in [5.41, 5.74) is -0.897. The second-order valence-corrected chi connectivity index (χ2v) is 8.01. The van der Waals surface area contributed by atoms with Crippen molar-refractivity contribution in [2.75, 3.05) is 0 Å². The van der Waals surface area contributed by atoms with Gasteiger partial charge in [-0.2, -0.15) is 0 Å². The molecule has 0 aliphatic heterocycles. The van der Waals surface area contributed by atoms with Gasteiger partial charge in [0.1, 0.15) is 5.54 Å². The quantitative estimate of drug-likeness (QED) is 0.702. The third kappa shape index (κ3) is 2.38. The van der Waals surface area contributed by atoms with E-state index in [1.807, 2.05) is 13.8 Å². The maximum Gasteiger partial charge on any atom is 0.255 e. The lowest BCUT2D eigenvalue weighted by molar-refractivity contribution is -0.122. The number of halogens is 1. The maximum absolute atomic E-state index is 12.3. The molecule has 0 spiro atoms. The molecule has 2 rings (SSSR count). The largest absolute Gasteiger partial charge is 0.272 e. The maximum atomic E-state index is 12.3. The Balaban J connectivity index is 2.07. The second kappa shape index (κ2) is 4.90. The molecule has 0 aromatic heterocycles. The minimum absolute atomic E-state index is 0.113. The van der Waals surface area contributed by atoms with Crippen LogP contribution >= 0.6 is 11.8 Å². The monoisotopic (exact) mass is 308 g/mol. The van der Waals surface area contributed by atoms with E-state index in [4.69, 9.17) is 11.8 Å². The number of carbonyl (C=O) groups is 1. The number of amides is 1. The Bertz CT molecular complexity index is 475. The molecule has 2 aliphatic carbocycles. The summed E-state index contributed by atoms with van der Waals surface area (Å²) in [6.07, 6.45) is 4.08. The Hall–Kier alpha value is -0.330. The highest BCUT2D eigenvalue weighted by Gasteiger charge is 2.62. The minimum atomic E-state index is -3.59. The highest BCUT2D eigenvalue weighted by molar-refractivity contribution is 7.91. The van der Waals surface area contributed by atoms with Gasteiger partial charge in [-0.25, -0.2) is 13.3 Å². The van der Waals surface area contributed by atoms with Crippen LogP contribution in [0.15, 0.2) is 0 Å². The van der Waals surface area contributed by atoms with E-state index in [1.54, 1.807) is 0 Å². The summed E-state index contributed by atoms with van der Waals surface area (Å²) in [6.45, 7) is 3.91. The fraction of sp³-hybridized carbons (Fsp3) is 0.917. The van der Waals surface area contributed by atoms with Gasteiger partial charge in [0.2, 0.25) is 10.0 Å². The molecule has 2 aliphatic rings. The molecule has 0 saturated heterocycles. The van der Waals surface area contributed by atoms with Crippen molar-refractivity contribution in [2.24, 2.45) is 5.92 Å². The fourth-order valence-electron chi connectivity index (χ4n) is 2.83. The van der Waals surface area contributed by atoms with E-state index in [0.717, 1.165) is 12.8 Å². The minimum Gasteiger partial charge on any atom is -0.272 e. The number of carbonyl (C=O) groups excluding carboxylic acids is 1. The number of hydrogen-bond acceptors (Lipinski definition) is 4. The van der Waals surface area contributed by atoms with Crippen LogP contribution in [0.1, 0.15) is 52.4 Å². The second-order valence-electron chi connectivity index (χ2n) is 5.74. The van der Waals surface area contributed by atoms with Crippen molar-refractivity contribution in [3.63, 3.8) is 0 Å². The van der Waals surface area contributed by atoms with Crippen LogP contribution in [0.2, 0.25) is 0 Å². The zero-order chi connectivity index (χ0) is 14.3. The van der Waals surface area contributed by atoms with E-state index < -0.39 is 26.2 Å². The first-order chi connectivity index (χ1) is 8.87. The first-order valence-corrected chi connectivity index (χ1v) is 8.68. The van der Waals surface area contributed by atoms with Crippen molar-refractivity contribution in [3.8, 4) is 0 Å². The van der Waals surface area contributed by atoms with Gasteiger partial charge in [0.25, 0.3) is 5.91 Å². The zero-order valence-electron chi connectivity index (χ0n) is 11.3. The van der Waals surface area contributed by atoms with E-state index in [9.17, 15) is 13.2 Å². The van der Waals surface area contributed by atoms with Crippen molar-refractivity contribution < 1.29 is 13.2 Å². The molecule has 1 unspecified atom stereocenters. The summed E-state index contributed by atoms with van der Waals surface area (Å²) in [7, 11) is -3.59. The number of rotatable bonds is 7. The molecule has 0 heterocycles. The van der Waals surface area contributed by atoms with Gasteiger partial charge < -0.3 is 0 Å². The van der Waals surface area contributed by atoms with Crippen LogP contribution in [0.5, 0.6) is 0 Å². The molecule has 1 amide bonds. The summed E-state index contributed by atoms with van der Waals surface area (Å²) in [4.78, 5) is 14.7. The molecule has 2 atom stereocenters. The van der Waals surface area contributed by atoms with E-state index in [1.165, 1.54) is 0 Å². The normalized spacial score (nSPS) is 31.8. The topological polar surface area (TPSA) is 75.3 Å². The molecule has 0 aromatic rings. The number of nitrogens with one attached hydrogen (secondary N) is 2. The molecule has 2 saturated carbocycles. The molecular weight excluding hydrogens is 288 g/mol. The van der Waals surface area contributed by atoms with Crippen LogP contribution in [-0.4, -0.2) is 24.6 Å². The summed E-state index contributed by atoms with van der Waals surface area (Å²) in [6, 6.07) is 0. The first-order valence-electron chi connectivity index (χ1n) is 6.82. The lowest BCUT2D eigenvalue weighted by Gasteiger charge is -2.19. The van der Waals surface area contributed by atoms with Crippen molar-refractivity contribution in [3.05, 3.63) is 0 Å². The summed E-state index contributed by atoms with van der Waals surface area (Å²) >= 11 is 5.64. The van der Waals surface area contributed by atoms with Crippen molar-refractivity contribution >= 4 is 27.7 Å². The van der Waals surface area contributed by atoms with Gasteiger partial charge in [0.15, 0.2) is 0 Å². The predicted molar refractivity (Wildman–Crippen MR) is 74.1 cm³/mol. The fourth-order valence-corrected chi connectivity index (χ4v) is 4.90. The molecule has 5 nitrogen and oxygen atoms in total. The highest BCUT2D eigenvalue weighted by atomic mass is 35.5. The molecule has 0 aromatic carbocycles. The highest BCUT2D eigenvalue weighted by Crippen LogP contribution is 2.49. The molecule has 110 valence electrons. The van der Waals surface area contributed by atoms with Gasteiger partial charge in [0.05, 0.1) is 4.75 Å². The molecule has 2 fully saturated rings. The van der Waals surface area contributed by atoms with Crippen LogP contribution < -0.4 is 9.56 Å². The molecular formula is C12H21ClN2O3S. The lowest BCUT2D eigenvalue weighted by atomic mass is 10.2. The Labute approximate surface area is 119 Å². The zero-order valence-corrected chi connectivity index (χ0v) is 12.9. The van der Waals surface area contributed by atoms with Crippen LogP contribution in [-0.2, 0) is 14.8 Å². The Morgan fingerprint density at radius 2 is 2.00 bits per heavy atom. The van der Waals surface area contributed by atoms with Crippen LogP contribution in [0.4, 0.5) is 0 Å². The van der Waals surface area contributed by atoms with Gasteiger partial charge in [-0.1, -0.05) is 26.7 Å². The first kappa shape index (κ1) is 15.1. The van der Waals surface area contributed by atoms with Crippen LogP contribution in [0, 0.1) is 5.92 Å². The third-order valence-electron chi connectivity index (χ3n) is 4.48. The molecule has 7 heteroatoms. The standard InChI is InChI=1S/C12H21ClN2O3S/c1-3-5-11(6-7-11)19(17,18)14-10(16)12(15-13)8-9(12)4-2/h9,15H,3-8H2,1-2H3,(H,14,16)/t9?,12-/m1/s1. The molecule has 0 radical (unpaired) electrons. The van der Waals surface area contributed by atoms with Crippen molar-refractivity contribution in [1.82, 2.24) is 9.56 Å². The Morgan fingerprint density at radius 1 is 1.37 bits per heavy atom. The van der Waals surface area contributed by atoms with Crippen LogP contribution in [0.25, 0.3) is 0 Å². The van der Waals surface area contributed by atoms with Gasteiger partial charge in [-0.05, 0) is 43.4 Å². The smallest absolute Gasteiger partial charge is 0.255 e. The lowest BCUT2D eigenvalue weighted by Crippen LogP contribution is -2.50.